The molecule has 0 spiro atoms. The van der Waals surface area contributed by atoms with Gasteiger partial charge in [0.25, 0.3) is 0 Å². The Hall–Kier alpha value is -1.63. The number of hydrogen-bond acceptors (Lipinski definition) is 5. The van der Waals surface area contributed by atoms with E-state index in [2.05, 4.69) is 37.8 Å². The second-order valence-corrected chi connectivity index (χ2v) is 7.04. The van der Waals surface area contributed by atoms with E-state index in [4.69, 9.17) is 0 Å². The Bertz CT molecular complexity index is 766. The average molecular weight is 542 g/mol. The summed E-state index contributed by atoms with van der Waals surface area (Å²) in [4.78, 5) is 13.9. The van der Waals surface area contributed by atoms with Gasteiger partial charge in [-0.3, -0.25) is 4.99 Å². The van der Waals surface area contributed by atoms with Gasteiger partial charge in [-0.1, -0.05) is 6.92 Å². The van der Waals surface area contributed by atoms with E-state index < -0.39 is 11.7 Å². The highest BCUT2D eigenvalue weighted by Crippen LogP contribution is 2.33. The van der Waals surface area contributed by atoms with Crippen molar-refractivity contribution in [1.82, 2.24) is 20.6 Å². The van der Waals surface area contributed by atoms with E-state index >= 15 is 0 Å². The van der Waals surface area contributed by atoms with Crippen molar-refractivity contribution in [2.24, 2.45) is 4.99 Å². The van der Waals surface area contributed by atoms with Crippen LogP contribution in [0, 0.1) is 0 Å². The van der Waals surface area contributed by atoms with E-state index in [1.807, 2.05) is 13.1 Å². The number of alkyl halides is 3. The van der Waals surface area contributed by atoms with Gasteiger partial charge in [-0.15, -0.1) is 35.3 Å². The van der Waals surface area contributed by atoms with Gasteiger partial charge in [0.2, 0.25) is 0 Å². The molecule has 0 bridgehead atoms. The summed E-state index contributed by atoms with van der Waals surface area (Å²) in [6, 6.07) is 2.28. The van der Waals surface area contributed by atoms with Gasteiger partial charge in [-0.05, 0) is 25.5 Å². The van der Waals surface area contributed by atoms with Crippen molar-refractivity contribution in [3.63, 3.8) is 0 Å². The van der Waals surface area contributed by atoms with Crippen LogP contribution in [0.5, 0.6) is 0 Å². The number of nitrogens with one attached hydrogen (secondary N) is 3. The number of hydrogen-bond donors (Lipinski definition) is 3. The van der Waals surface area contributed by atoms with Gasteiger partial charge in [0.05, 0.1) is 10.6 Å². The fraction of sp³-hybridized carbons (Fsp3) is 0.500. The van der Waals surface area contributed by atoms with E-state index in [1.165, 1.54) is 17.1 Å². The molecule has 0 unspecified atom stereocenters. The first kappa shape index (κ1) is 25.4. The first-order chi connectivity index (χ1) is 13.4. The molecule has 11 heteroatoms. The molecule has 0 saturated carbocycles. The molecule has 6 nitrogen and oxygen atoms in total. The summed E-state index contributed by atoms with van der Waals surface area (Å²) in [6.07, 6.45) is 0.519. The van der Waals surface area contributed by atoms with Gasteiger partial charge in [0.15, 0.2) is 5.96 Å². The topological polar surface area (TPSA) is 74.2 Å². The van der Waals surface area contributed by atoms with Crippen molar-refractivity contribution in [2.45, 2.75) is 32.9 Å². The maximum absolute atomic E-state index is 13.0. The lowest BCUT2D eigenvalue weighted by atomic mass is 10.2. The quantitative estimate of drug-likeness (QED) is 0.194. The first-order valence-electron chi connectivity index (χ1n) is 9.15. The number of guanidine groups is 1. The third-order valence-corrected chi connectivity index (χ3v) is 4.91. The summed E-state index contributed by atoms with van der Waals surface area (Å²) in [6.45, 7) is 5.99. The van der Waals surface area contributed by atoms with E-state index in [0.29, 0.717) is 25.6 Å². The zero-order valence-electron chi connectivity index (χ0n) is 16.3. The number of aryl methyl sites for hydroxylation is 1. The number of halogens is 4. The molecule has 0 atom stereocenters. The minimum absolute atomic E-state index is 0. The molecule has 0 aliphatic heterocycles. The Morgan fingerprint density at radius 3 is 2.62 bits per heavy atom. The van der Waals surface area contributed by atoms with E-state index in [-0.39, 0.29) is 36.3 Å². The lowest BCUT2D eigenvalue weighted by molar-refractivity contribution is -0.137. The summed E-state index contributed by atoms with van der Waals surface area (Å²) in [5.41, 5.74) is -0.773. The Balaban J connectivity index is 0.00000420. The lowest BCUT2D eigenvalue weighted by Crippen LogP contribution is -2.39. The summed E-state index contributed by atoms with van der Waals surface area (Å²) < 4.78 is 38.9. The van der Waals surface area contributed by atoms with Crippen LogP contribution < -0.4 is 16.0 Å². The molecule has 0 amide bonds. The highest BCUT2D eigenvalue weighted by Gasteiger charge is 2.33. The van der Waals surface area contributed by atoms with Crippen molar-refractivity contribution < 1.29 is 13.2 Å². The van der Waals surface area contributed by atoms with Gasteiger partial charge in [0, 0.05) is 49.9 Å². The second kappa shape index (κ2) is 12.8. The van der Waals surface area contributed by atoms with E-state index in [0.717, 1.165) is 23.9 Å². The standard InChI is InChI=1S/C18H25F3N6S.HI/c1-3-13-12-27-15(28-13)7-9-25-17(22-4-2)26-11-10-24-16-14(18(19,20)21)6-5-8-23-16;/h5-6,8,12H,3-4,7,9-11H2,1-2H3,(H,23,24)(H2,22,25,26);1H. The monoisotopic (exact) mass is 542 g/mol. The maximum Gasteiger partial charge on any atom is 0.419 e. The molecule has 162 valence electrons. The SMILES string of the molecule is CCNC(=NCCc1ncc(CC)s1)NCCNc1ncccc1C(F)(F)F.I. The highest BCUT2D eigenvalue weighted by molar-refractivity contribution is 14.0. The first-order valence-corrected chi connectivity index (χ1v) is 9.97. The van der Waals surface area contributed by atoms with Crippen LogP contribution in [0.1, 0.15) is 29.3 Å². The average Bonchev–Trinajstić information content (AvgIpc) is 3.12. The van der Waals surface area contributed by atoms with Crippen molar-refractivity contribution in [2.75, 3.05) is 31.5 Å². The van der Waals surface area contributed by atoms with Gasteiger partial charge in [0.1, 0.15) is 5.82 Å². The molecule has 2 heterocycles. The Kier molecular flexibility index (Phi) is 11.2. The molecule has 2 rings (SSSR count). The highest BCUT2D eigenvalue weighted by atomic mass is 127. The molecule has 0 saturated heterocycles. The molecule has 2 aromatic heterocycles. The molecule has 0 aliphatic carbocycles. The summed E-state index contributed by atoms with van der Waals surface area (Å²) in [5, 5.41) is 9.99. The predicted molar refractivity (Wildman–Crippen MR) is 122 cm³/mol. The van der Waals surface area contributed by atoms with Gasteiger partial charge >= 0.3 is 6.18 Å². The zero-order valence-corrected chi connectivity index (χ0v) is 19.5. The Labute approximate surface area is 189 Å². The molecule has 3 N–H and O–H groups in total. The summed E-state index contributed by atoms with van der Waals surface area (Å²) >= 11 is 1.69. The van der Waals surface area contributed by atoms with Crippen molar-refractivity contribution in [1.29, 1.82) is 0 Å². The van der Waals surface area contributed by atoms with Crippen LogP contribution in [0.2, 0.25) is 0 Å². The molecular weight excluding hydrogens is 516 g/mol. The maximum atomic E-state index is 13.0. The molecule has 0 aromatic carbocycles. The van der Waals surface area contributed by atoms with Gasteiger partial charge < -0.3 is 16.0 Å². The lowest BCUT2D eigenvalue weighted by Gasteiger charge is -2.14. The zero-order chi connectivity index (χ0) is 20.4. The Morgan fingerprint density at radius 1 is 1.17 bits per heavy atom. The number of nitrogens with zero attached hydrogens (tertiary/aromatic N) is 3. The third-order valence-electron chi connectivity index (χ3n) is 3.71. The van der Waals surface area contributed by atoms with Crippen LogP contribution in [-0.4, -0.2) is 42.1 Å². The third kappa shape index (κ3) is 8.72. The molecule has 0 radical (unpaired) electrons. The van der Waals surface area contributed by atoms with Crippen LogP contribution in [0.4, 0.5) is 19.0 Å². The van der Waals surface area contributed by atoms with Crippen LogP contribution in [0.15, 0.2) is 29.5 Å². The van der Waals surface area contributed by atoms with Crippen molar-refractivity contribution in [3.8, 4) is 0 Å². The van der Waals surface area contributed by atoms with Crippen molar-refractivity contribution in [3.05, 3.63) is 40.0 Å². The number of thiazole rings is 1. The van der Waals surface area contributed by atoms with E-state index in [1.54, 1.807) is 11.3 Å². The number of anilines is 1. The number of pyridine rings is 1. The van der Waals surface area contributed by atoms with Crippen LogP contribution >= 0.6 is 35.3 Å². The van der Waals surface area contributed by atoms with E-state index in [9.17, 15) is 13.2 Å². The number of rotatable bonds is 9. The van der Waals surface area contributed by atoms with Crippen LogP contribution in [0.25, 0.3) is 0 Å². The fourth-order valence-electron chi connectivity index (χ4n) is 2.37. The van der Waals surface area contributed by atoms with Crippen LogP contribution in [-0.2, 0) is 19.0 Å². The largest absolute Gasteiger partial charge is 0.419 e. The second-order valence-electron chi connectivity index (χ2n) is 5.84. The number of aliphatic imine (C=N–C) groups is 1. The number of aromatic nitrogens is 2. The van der Waals surface area contributed by atoms with Crippen LogP contribution in [0.3, 0.4) is 0 Å². The minimum atomic E-state index is -4.44. The fourth-order valence-corrected chi connectivity index (χ4v) is 3.22. The predicted octanol–water partition coefficient (Wildman–Crippen LogP) is 3.95. The summed E-state index contributed by atoms with van der Waals surface area (Å²) in [5.74, 6) is 0.447. The smallest absolute Gasteiger partial charge is 0.368 e. The normalized spacial score (nSPS) is 11.7. The minimum Gasteiger partial charge on any atom is -0.368 e. The van der Waals surface area contributed by atoms with Gasteiger partial charge in [-0.2, -0.15) is 13.2 Å². The molecule has 0 fully saturated rings. The van der Waals surface area contributed by atoms with Gasteiger partial charge in [-0.25, -0.2) is 9.97 Å². The molecule has 0 aliphatic rings. The molecule has 2 aromatic rings. The Morgan fingerprint density at radius 2 is 1.97 bits per heavy atom. The summed E-state index contributed by atoms with van der Waals surface area (Å²) in [7, 11) is 0. The molecular formula is C18H26F3IN6S. The molecule has 29 heavy (non-hydrogen) atoms. The van der Waals surface area contributed by atoms with Crippen molar-refractivity contribution >= 4 is 47.1 Å².